The third kappa shape index (κ3) is 2.88. The first-order valence-electron chi connectivity index (χ1n) is 7.42. The first kappa shape index (κ1) is 13.3. The average Bonchev–Trinajstić information content (AvgIpc) is 2.56. The molecular weight excluding hydrogens is 246 g/mol. The van der Waals surface area contributed by atoms with E-state index in [1.165, 1.54) is 31.2 Å². The average molecular weight is 267 g/mol. The van der Waals surface area contributed by atoms with E-state index in [0.29, 0.717) is 12.0 Å². The smallest absolute Gasteiger partial charge is 0.132 e. The van der Waals surface area contributed by atoms with Gasteiger partial charge in [-0.15, -0.1) is 0 Å². The Labute approximate surface area is 120 Å². The second-order valence-corrected chi connectivity index (χ2v) is 5.50. The first-order chi connectivity index (χ1) is 9.86. The molecule has 1 fully saturated rings. The Morgan fingerprint density at radius 2 is 1.75 bits per heavy atom. The number of nitrogens with one attached hydrogen (secondary N) is 1. The highest BCUT2D eigenvalue weighted by atomic mass is 14.9. The second-order valence-electron chi connectivity index (χ2n) is 5.50. The zero-order chi connectivity index (χ0) is 13.8. The molecule has 20 heavy (non-hydrogen) atoms. The third-order valence-corrected chi connectivity index (χ3v) is 4.24. The summed E-state index contributed by atoms with van der Waals surface area (Å²) in [7, 11) is 2.05. The summed E-state index contributed by atoms with van der Waals surface area (Å²) in [6.07, 6.45) is 6.71. The number of rotatable bonds is 3. The highest BCUT2D eigenvalue weighted by Crippen LogP contribution is 2.31. The van der Waals surface area contributed by atoms with Gasteiger partial charge in [0.1, 0.15) is 5.82 Å². The maximum atomic E-state index is 4.79. The number of benzene rings is 1. The van der Waals surface area contributed by atoms with Crippen molar-refractivity contribution in [3.8, 4) is 11.3 Å². The molecule has 1 aliphatic rings. The summed E-state index contributed by atoms with van der Waals surface area (Å²) in [6, 6.07) is 13.0. The van der Waals surface area contributed by atoms with Gasteiger partial charge in [0.05, 0.1) is 5.69 Å². The molecule has 0 saturated heterocycles. The molecule has 1 N–H and O–H groups in total. The highest BCUT2D eigenvalue weighted by molar-refractivity contribution is 5.58. The Morgan fingerprint density at radius 1 is 1.00 bits per heavy atom. The van der Waals surface area contributed by atoms with Crippen LogP contribution in [0.3, 0.4) is 0 Å². The molecule has 0 unspecified atom stereocenters. The van der Waals surface area contributed by atoms with Crippen LogP contribution in [0.1, 0.15) is 37.4 Å². The van der Waals surface area contributed by atoms with Gasteiger partial charge in [0, 0.05) is 23.7 Å². The van der Waals surface area contributed by atoms with Gasteiger partial charge in [0.2, 0.25) is 0 Å². The minimum absolute atomic E-state index is 0.517. The molecule has 3 heteroatoms. The predicted molar refractivity (Wildman–Crippen MR) is 81.5 cm³/mol. The van der Waals surface area contributed by atoms with Gasteiger partial charge in [-0.3, -0.25) is 0 Å². The lowest BCUT2D eigenvalue weighted by Crippen LogP contribution is -2.29. The van der Waals surface area contributed by atoms with E-state index in [4.69, 9.17) is 4.98 Å². The molecule has 1 aromatic carbocycles. The largest absolute Gasteiger partial charge is 0.317 e. The lowest BCUT2D eigenvalue weighted by Gasteiger charge is -2.27. The zero-order valence-corrected chi connectivity index (χ0v) is 11.9. The standard InChI is InChI=1S/C17H21N3/c1-18-15-9-7-14(8-10-15)17-19-12-11-16(20-17)13-5-3-2-4-6-13/h2-6,11-12,14-15,18H,7-10H2,1H3. The maximum Gasteiger partial charge on any atom is 0.132 e. The van der Waals surface area contributed by atoms with E-state index < -0.39 is 0 Å². The Kier molecular flexibility index (Phi) is 4.07. The van der Waals surface area contributed by atoms with Gasteiger partial charge in [-0.2, -0.15) is 0 Å². The van der Waals surface area contributed by atoms with Crippen LogP contribution in [0, 0.1) is 0 Å². The molecule has 1 saturated carbocycles. The fourth-order valence-corrected chi connectivity index (χ4v) is 2.98. The molecule has 3 nitrogen and oxygen atoms in total. The van der Waals surface area contributed by atoms with Crippen molar-refractivity contribution in [2.24, 2.45) is 0 Å². The van der Waals surface area contributed by atoms with Crippen molar-refractivity contribution in [3.05, 3.63) is 48.4 Å². The van der Waals surface area contributed by atoms with Gasteiger partial charge >= 0.3 is 0 Å². The quantitative estimate of drug-likeness (QED) is 0.926. The Hall–Kier alpha value is -1.74. The summed E-state index contributed by atoms with van der Waals surface area (Å²) < 4.78 is 0. The lowest BCUT2D eigenvalue weighted by molar-refractivity contribution is 0.350. The molecule has 104 valence electrons. The molecule has 2 aromatic rings. The number of hydrogen-bond acceptors (Lipinski definition) is 3. The van der Waals surface area contributed by atoms with Gasteiger partial charge in [-0.25, -0.2) is 9.97 Å². The fourth-order valence-electron chi connectivity index (χ4n) is 2.98. The van der Waals surface area contributed by atoms with Gasteiger partial charge in [-0.05, 0) is 38.8 Å². The molecule has 3 rings (SSSR count). The molecule has 1 heterocycles. The van der Waals surface area contributed by atoms with Crippen molar-refractivity contribution in [2.75, 3.05) is 7.05 Å². The van der Waals surface area contributed by atoms with Crippen molar-refractivity contribution in [3.63, 3.8) is 0 Å². The van der Waals surface area contributed by atoms with Crippen molar-refractivity contribution < 1.29 is 0 Å². The zero-order valence-electron chi connectivity index (χ0n) is 11.9. The molecule has 0 atom stereocenters. The van der Waals surface area contributed by atoms with E-state index in [2.05, 4.69) is 41.6 Å². The maximum absolute atomic E-state index is 4.79. The number of nitrogens with zero attached hydrogens (tertiary/aromatic N) is 2. The molecule has 0 radical (unpaired) electrons. The number of aromatic nitrogens is 2. The summed E-state index contributed by atoms with van der Waals surface area (Å²) in [6.45, 7) is 0. The highest BCUT2D eigenvalue weighted by Gasteiger charge is 2.23. The van der Waals surface area contributed by atoms with Crippen LogP contribution in [-0.2, 0) is 0 Å². The van der Waals surface area contributed by atoms with E-state index in [-0.39, 0.29) is 0 Å². The van der Waals surface area contributed by atoms with Crippen LogP contribution >= 0.6 is 0 Å². The fraction of sp³-hybridized carbons (Fsp3) is 0.412. The molecular formula is C17H21N3. The third-order valence-electron chi connectivity index (χ3n) is 4.24. The Morgan fingerprint density at radius 3 is 2.45 bits per heavy atom. The minimum atomic E-state index is 0.517. The normalized spacial score (nSPS) is 22.6. The SMILES string of the molecule is CNC1CCC(c2nccc(-c3ccccc3)n2)CC1. The van der Waals surface area contributed by atoms with E-state index in [0.717, 1.165) is 11.5 Å². The topological polar surface area (TPSA) is 37.8 Å². The first-order valence-corrected chi connectivity index (χ1v) is 7.42. The van der Waals surface area contributed by atoms with Crippen molar-refractivity contribution in [1.29, 1.82) is 0 Å². The monoisotopic (exact) mass is 267 g/mol. The van der Waals surface area contributed by atoms with Crippen LogP contribution in [0.4, 0.5) is 0 Å². The predicted octanol–water partition coefficient (Wildman–Crippen LogP) is 3.39. The number of hydrogen-bond donors (Lipinski definition) is 1. The molecule has 0 amide bonds. The van der Waals surface area contributed by atoms with Gasteiger partial charge in [0.25, 0.3) is 0 Å². The summed E-state index contributed by atoms with van der Waals surface area (Å²) in [5, 5.41) is 3.37. The molecule has 0 bridgehead atoms. The molecule has 1 aromatic heterocycles. The Bertz CT molecular complexity index is 545. The van der Waals surface area contributed by atoms with Crippen LogP contribution in [0.15, 0.2) is 42.6 Å². The van der Waals surface area contributed by atoms with Crippen LogP contribution < -0.4 is 5.32 Å². The van der Waals surface area contributed by atoms with Crippen LogP contribution in [0.2, 0.25) is 0 Å². The summed E-state index contributed by atoms with van der Waals surface area (Å²) in [5.74, 6) is 1.53. The minimum Gasteiger partial charge on any atom is -0.317 e. The summed E-state index contributed by atoms with van der Waals surface area (Å²) in [5.41, 5.74) is 2.20. The van der Waals surface area contributed by atoms with E-state index in [1.807, 2.05) is 18.3 Å². The van der Waals surface area contributed by atoms with E-state index >= 15 is 0 Å². The van der Waals surface area contributed by atoms with Crippen LogP contribution in [0.5, 0.6) is 0 Å². The van der Waals surface area contributed by atoms with Crippen molar-refractivity contribution in [2.45, 2.75) is 37.6 Å². The van der Waals surface area contributed by atoms with Crippen molar-refractivity contribution >= 4 is 0 Å². The summed E-state index contributed by atoms with van der Waals surface area (Å²) in [4.78, 5) is 9.29. The van der Waals surface area contributed by atoms with Gasteiger partial charge < -0.3 is 5.32 Å². The van der Waals surface area contributed by atoms with Crippen LogP contribution in [-0.4, -0.2) is 23.1 Å². The van der Waals surface area contributed by atoms with Crippen molar-refractivity contribution in [1.82, 2.24) is 15.3 Å². The molecule has 1 aliphatic carbocycles. The molecule has 0 spiro atoms. The second kappa shape index (κ2) is 6.14. The Balaban J connectivity index is 1.78. The molecule has 0 aliphatic heterocycles. The van der Waals surface area contributed by atoms with E-state index in [1.54, 1.807) is 0 Å². The van der Waals surface area contributed by atoms with Gasteiger partial charge in [0.15, 0.2) is 0 Å². The lowest BCUT2D eigenvalue weighted by atomic mass is 9.85. The van der Waals surface area contributed by atoms with Crippen LogP contribution in [0.25, 0.3) is 11.3 Å². The van der Waals surface area contributed by atoms with Gasteiger partial charge in [-0.1, -0.05) is 30.3 Å². The summed E-state index contributed by atoms with van der Waals surface area (Å²) >= 11 is 0. The van der Waals surface area contributed by atoms with E-state index in [9.17, 15) is 0 Å².